The lowest BCUT2D eigenvalue weighted by Gasteiger charge is -2.00. The molecular weight excluding hydrogens is 258 g/mol. The van der Waals surface area contributed by atoms with E-state index < -0.39 is 0 Å². The first-order valence-corrected chi connectivity index (χ1v) is 6.23. The van der Waals surface area contributed by atoms with Crippen molar-refractivity contribution >= 4 is 0 Å². The Morgan fingerprint density at radius 3 is 2.70 bits per heavy atom. The van der Waals surface area contributed by atoms with Gasteiger partial charge in [0.15, 0.2) is 5.82 Å². The minimum Gasteiger partial charge on any atom is -0.382 e. The second kappa shape index (κ2) is 7.38. The lowest BCUT2D eigenvalue weighted by atomic mass is 10.1. The Labute approximate surface area is 116 Å². The van der Waals surface area contributed by atoms with Crippen LogP contribution < -0.4 is 0 Å². The summed E-state index contributed by atoms with van der Waals surface area (Å²) < 4.78 is 15.4. The first kappa shape index (κ1) is 14.2. The zero-order valence-electron chi connectivity index (χ0n) is 11.2. The quantitative estimate of drug-likeness (QED) is 0.716. The number of methoxy groups -OCH3 is 1. The normalized spacial score (nSPS) is 10.4. The molecule has 20 heavy (non-hydrogen) atoms. The van der Waals surface area contributed by atoms with Gasteiger partial charge in [0.25, 0.3) is 5.89 Å². The van der Waals surface area contributed by atoms with E-state index in [-0.39, 0.29) is 0 Å². The van der Waals surface area contributed by atoms with Crippen molar-refractivity contribution in [3.63, 3.8) is 0 Å². The number of nitrogens with zero attached hydrogens (tertiary/aromatic N) is 3. The average Bonchev–Trinajstić information content (AvgIpc) is 2.96. The van der Waals surface area contributed by atoms with E-state index in [0.29, 0.717) is 43.5 Å². The van der Waals surface area contributed by atoms with Gasteiger partial charge in [-0.3, -0.25) is 0 Å². The maximum atomic E-state index is 8.74. The van der Waals surface area contributed by atoms with Gasteiger partial charge in [-0.25, -0.2) is 0 Å². The van der Waals surface area contributed by atoms with E-state index in [4.69, 9.17) is 19.3 Å². The molecule has 104 valence electrons. The highest BCUT2D eigenvalue weighted by Gasteiger charge is 2.08. The van der Waals surface area contributed by atoms with E-state index in [1.54, 1.807) is 31.4 Å². The van der Waals surface area contributed by atoms with Gasteiger partial charge in [0.1, 0.15) is 0 Å². The van der Waals surface area contributed by atoms with Crippen molar-refractivity contribution in [2.24, 2.45) is 0 Å². The molecule has 0 saturated carbocycles. The standard InChI is InChI=1S/C14H15N3O3/c1-18-8-9-19-7-6-13-16-14(20-17-13)12-4-2-11(10-15)3-5-12/h2-5H,6-9H2,1H3. The number of aromatic nitrogens is 2. The van der Waals surface area contributed by atoms with Crippen molar-refractivity contribution in [1.82, 2.24) is 10.1 Å². The van der Waals surface area contributed by atoms with Crippen LogP contribution in [0.4, 0.5) is 0 Å². The topological polar surface area (TPSA) is 81.2 Å². The molecule has 0 radical (unpaired) electrons. The third kappa shape index (κ3) is 3.88. The highest BCUT2D eigenvalue weighted by molar-refractivity contribution is 5.54. The molecule has 6 heteroatoms. The van der Waals surface area contributed by atoms with Crippen LogP contribution in [0.15, 0.2) is 28.8 Å². The summed E-state index contributed by atoms with van der Waals surface area (Å²) >= 11 is 0. The molecule has 0 unspecified atom stereocenters. The molecule has 0 fully saturated rings. The molecule has 0 aliphatic heterocycles. The van der Waals surface area contributed by atoms with Gasteiger partial charge in [0, 0.05) is 19.1 Å². The second-order valence-electron chi connectivity index (χ2n) is 4.06. The first-order chi connectivity index (χ1) is 9.83. The Morgan fingerprint density at radius 1 is 1.20 bits per heavy atom. The van der Waals surface area contributed by atoms with Crippen LogP contribution in [0.25, 0.3) is 11.5 Å². The van der Waals surface area contributed by atoms with Crippen molar-refractivity contribution in [3.05, 3.63) is 35.7 Å². The van der Waals surface area contributed by atoms with Gasteiger partial charge >= 0.3 is 0 Å². The first-order valence-electron chi connectivity index (χ1n) is 6.23. The van der Waals surface area contributed by atoms with Gasteiger partial charge < -0.3 is 14.0 Å². The van der Waals surface area contributed by atoms with Crippen LogP contribution in [0.1, 0.15) is 11.4 Å². The fourth-order valence-electron chi connectivity index (χ4n) is 1.57. The smallest absolute Gasteiger partial charge is 0.257 e. The molecule has 1 heterocycles. The van der Waals surface area contributed by atoms with E-state index in [2.05, 4.69) is 16.2 Å². The van der Waals surface area contributed by atoms with Crippen molar-refractivity contribution in [1.29, 1.82) is 5.26 Å². The largest absolute Gasteiger partial charge is 0.382 e. The molecule has 0 saturated heterocycles. The predicted octanol–water partition coefficient (Wildman–Crippen LogP) is 1.81. The van der Waals surface area contributed by atoms with Crippen LogP contribution in [-0.4, -0.2) is 37.1 Å². The van der Waals surface area contributed by atoms with Crippen LogP contribution in [0, 0.1) is 11.3 Å². The van der Waals surface area contributed by atoms with Crippen molar-refractivity contribution in [3.8, 4) is 17.5 Å². The Hall–Kier alpha value is -2.23. The number of hydrogen-bond acceptors (Lipinski definition) is 6. The lowest BCUT2D eigenvalue weighted by molar-refractivity contribution is 0.0714. The molecule has 1 aromatic heterocycles. The van der Waals surface area contributed by atoms with Gasteiger partial charge in [0.05, 0.1) is 31.5 Å². The highest BCUT2D eigenvalue weighted by Crippen LogP contribution is 2.17. The maximum absolute atomic E-state index is 8.74. The predicted molar refractivity (Wildman–Crippen MR) is 70.8 cm³/mol. The summed E-state index contributed by atoms with van der Waals surface area (Å²) in [5.74, 6) is 1.04. The Morgan fingerprint density at radius 2 is 2.00 bits per heavy atom. The summed E-state index contributed by atoms with van der Waals surface area (Å²) in [6.45, 7) is 1.65. The van der Waals surface area contributed by atoms with Crippen molar-refractivity contribution in [2.45, 2.75) is 6.42 Å². The van der Waals surface area contributed by atoms with E-state index in [9.17, 15) is 0 Å². The highest BCUT2D eigenvalue weighted by atomic mass is 16.5. The molecule has 1 aromatic carbocycles. The summed E-state index contributed by atoms with van der Waals surface area (Å²) in [4.78, 5) is 4.28. The van der Waals surface area contributed by atoms with E-state index in [1.165, 1.54) is 0 Å². The van der Waals surface area contributed by atoms with Crippen LogP contribution in [0.5, 0.6) is 0 Å². The molecule has 2 aromatic rings. The van der Waals surface area contributed by atoms with E-state index in [0.717, 1.165) is 5.56 Å². The summed E-state index contributed by atoms with van der Waals surface area (Å²) in [5.41, 5.74) is 1.39. The number of benzene rings is 1. The molecule has 0 N–H and O–H groups in total. The van der Waals surface area contributed by atoms with Gasteiger partial charge in [-0.2, -0.15) is 10.2 Å². The molecule has 0 aliphatic carbocycles. The van der Waals surface area contributed by atoms with Crippen molar-refractivity contribution < 1.29 is 14.0 Å². The number of hydrogen-bond donors (Lipinski definition) is 0. The Balaban J connectivity index is 1.89. The molecule has 0 aliphatic rings. The minimum absolute atomic E-state index is 0.446. The maximum Gasteiger partial charge on any atom is 0.257 e. The average molecular weight is 273 g/mol. The summed E-state index contributed by atoms with van der Waals surface area (Å²) in [5, 5.41) is 12.6. The van der Waals surface area contributed by atoms with E-state index in [1.807, 2.05) is 0 Å². The van der Waals surface area contributed by atoms with Gasteiger partial charge in [0.2, 0.25) is 0 Å². The molecule has 0 amide bonds. The minimum atomic E-state index is 0.446. The molecule has 2 rings (SSSR count). The molecule has 0 bridgehead atoms. The van der Waals surface area contributed by atoms with Crippen LogP contribution in [0.2, 0.25) is 0 Å². The zero-order chi connectivity index (χ0) is 14.2. The summed E-state index contributed by atoms with van der Waals surface area (Å²) in [6.07, 6.45) is 0.587. The molecule has 0 spiro atoms. The van der Waals surface area contributed by atoms with Gasteiger partial charge in [-0.1, -0.05) is 5.16 Å². The monoisotopic (exact) mass is 273 g/mol. The SMILES string of the molecule is COCCOCCc1noc(-c2ccc(C#N)cc2)n1. The van der Waals surface area contributed by atoms with Crippen LogP contribution >= 0.6 is 0 Å². The zero-order valence-corrected chi connectivity index (χ0v) is 11.2. The fraction of sp³-hybridized carbons (Fsp3) is 0.357. The summed E-state index contributed by atoms with van der Waals surface area (Å²) in [6, 6.07) is 9.06. The van der Waals surface area contributed by atoms with Crippen LogP contribution in [-0.2, 0) is 15.9 Å². The fourth-order valence-corrected chi connectivity index (χ4v) is 1.57. The van der Waals surface area contributed by atoms with Crippen molar-refractivity contribution in [2.75, 3.05) is 26.9 Å². The number of rotatable bonds is 7. The third-order valence-electron chi connectivity index (χ3n) is 2.63. The molecule has 6 nitrogen and oxygen atoms in total. The molecular formula is C14H15N3O3. The second-order valence-corrected chi connectivity index (χ2v) is 4.06. The summed E-state index contributed by atoms with van der Waals surface area (Å²) in [7, 11) is 1.63. The van der Waals surface area contributed by atoms with Crippen LogP contribution in [0.3, 0.4) is 0 Å². The van der Waals surface area contributed by atoms with Gasteiger partial charge in [-0.05, 0) is 24.3 Å². The number of nitriles is 1. The molecule has 0 atom stereocenters. The Kier molecular flexibility index (Phi) is 5.24. The number of ether oxygens (including phenoxy) is 2. The van der Waals surface area contributed by atoms with E-state index >= 15 is 0 Å². The lowest BCUT2D eigenvalue weighted by Crippen LogP contribution is -2.05. The van der Waals surface area contributed by atoms with Gasteiger partial charge in [-0.15, -0.1) is 0 Å². The Bertz CT molecular complexity index is 572. The third-order valence-corrected chi connectivity index (χ3v) is 2.63.